The van der Waals surface area contributed by atoms with Crippen molar-refractivity contribution in [2.24, 2.45) is 28.8 Å². The monoisotopic (exact) mass is 812 g/mol. The van der Waals surface area contributed by atoms with Gasteiger partial charge in [-0.05, 0) is 91.6 Å². The number of methoxy groups -OCH3 is 2. The second-order valence-corrected chi connectivity index (χ2v) is 17.4. The number of benzene rings is 1. The first-order valence-electron chi connectivity index (χ1n) is 21.0. The molecule has 13 atom stereocenters. The number of rotatable bonds is 11. The number of esters is 1. The summed E-state index contributed by atoms with van der Waals surface area (Å²) in [5.74, 6) is -3.67. The molecule has 4 heterocycles. The number of hydrazine groups is 1. The van der Waals surface area contributed by atoms with E-state index in [9.17, 15) is 14.8 Å². The van der Waals surface area contributed by atoms with Crippen LogP contribution < -0.4 is 5.43 Å². The van der Waals surface area contributed by atoms with Gasteiger partial charge in [0.1, 0.15) is 30.5 Å². The third-order valence-electron chi connectivity index (χ3n) is 13.2. The maximum atomic E-state index is 14.5. The molecule has 14 heteroatoms. The minimum atomic E-state index is -1.12. The van der Waals surface area contributed by atoms with Crippen molar-refractivity contribution >= 4 is 28.4 Å². The van der Waals surface area contributed by atoms with Crippen molar-refractivity contribution in [2.45, 2.75) is 141 Å². The highest BCUT2D eigenvalue weighted by atomic mass is 16.7. The van der Waals surface area contributed by atoms with Crippen LogP contribution in [0, 0.1) is 23.7 Å². The number of pyridine rings is 1. The molecule has 3 fully saturated rings. The number of hydrogen-bond acceptors (Lipinski definition) is 14. The summed E-state index contributed by atoms with van der Waals surface area (Å²) in [6.45, 7) is 16.0. The lowest BCUT2D eigenvalue weighted by molar-refractivity contribution is -0.299. The molecule has 0 radical (unpaired) electrons. The van der Waals surface area contributed by atoms with E-state index in [-0.39, 0.29) is 30.6 Å². The van der Waals surface area contributed by atoms with Gasteiger partial charge < -0.3 is 38.5 Å². The number of nitrogens with one attached hydrogen (secondary N) is 1. The van der Waals surface area contributed by atoms with Gasteiger partial charge in [0, 0.05) is 56.1 Å². The second-order valence-electron chi connectivity index (χ2n) is 17.4. The van der Waals surface area contributed by atoms with Crippen LogP contribution in [0.25, 0.3) is 10.9 Å². The van der Waals surface area contributed by atoms with Crippen molar-refractivity contribution in [1.82, 2.24) is 20.3 Å². The number of cyclic esters (lactones) is 1. The fourth-order valence-corrected chi connectivity index (χ4v) is 9.92. The molecule has 0 bridgehead atoms. The van der Waals surface area contributed by atoms with Gasteiger partial charge in [0.2, 0.25) is 0 Å². The zero-order chi connectivity index (χ0) is 42.5. The SMILES string of the molecule is CC[C@H]1OC(=O)[C@H](C)C(=O)[C@H](C)[C@@H](O[C@@H]2O[C@H](C)C[C@H](N(C)C)[C@H]2OC)[C@@](C)(OC)C[C@@H](C)/C(=N\O)[C@H](C)[C@H]2N(NCCCc3ccnc4ccccc34)CO[C@]12C. The Hall–Kier alpha value is -3.08. The number of carbonyl (C=O) groups excluding carboxylic acids is 2. The first kappa shape index (κ1) is 46.0. The first-order valence-corrected chi connectivity index (χ1v) is 21.0. The number of likely N-dealkylation sites (N-methyl/N-ethyl adjacent to an activating group) is 1. The lowest BCUT2D eigenvalue weighted by Gasteiger charge is -2.48. The molecule has 0 spiro atoms. The molecule has 3 aliphatic heterocycles. The number of aromatic nitrogens is 1. The zero-order valence-corrected chi connectivity index (χ0v) is 36.8. The maximum absolute atomic E-state index is 14.5. The van der Waals surface area contributed by atoms with Gasteiger partial charge in [0.25, 0.3) is 0 Å². The summed E-state index contributed by atoms with van der Waals surface area (Å²) in [6.07, 6.45) is 1.94. The van der Waals surface area contributed by atoms with Crippen molar-refractivity contribution in [1.29, 1.82) is 0 Å². The van der Waals surface area contributed by atoms with Crippen LogP contribution in [0.15, 0.2) is 41.7 Å². The molecular weight excluding hydrogens is 743 g/mol. The molecule has 0 unspecified atom stereocenters. The van der Waals surface area contributed by atoms with E-state index in [2.05, 4.69) is 32.6 Å². The van der Waals surface area contributed by atoms with Gasteiger partial charge >= 0.3 is 5.97 Å². The summed E-state index contributed by atoms with van der Waals surface area (Å²) in [6, 6.07) is 9.77. The van der Waals surface area contributed by atoms with E-state index >= 15 is 0 Å². The third-order valence-corrected chi connectivity index (χ3v) is 13.2. The molecule has 14 nitrogen and oxygen atoms in total. The smallest absolute Gasteiger partial charge is 0.316 e. The van der Waals surface area contributed by atoms with Gasteiger partial charge in [-0.2, -0.15) is 0 Å². The molecule has 0 saturated carbocycles. The number of aryl methyl sites for hydroxylation is 1. The second kappa shape index (κ2) is 19.5. The Kier molecular flexibility index (Phi) is 15.5. The van der Waals surface area contributed by atoms with Gasteiger partial charge in [-0.25, -0.2) is 5.01 Å². The standard InChI is InChI=1S/C44H69N5O9/c1-13-35-44(8)39(49(25-55-44)46-21-16-17-31-20-22-45-33-19-15-14-18-32(31)33)28(4)36(47-52)26(2)24-43(7,54-12)40(29(5)37(50)30(6)41(51)57-35)58-42-38(53-11)34(48(9)10)23-27(3)56-42/h14-15,18-20,22,26-30,34-35,38-40,42,46,52H,13,16-17,21,23-25H2,1-12H3/b47-36+/t26-,27-,28+,29+,30-,34+,35-,38-,39-,40-,42+,43+,44-/m1/s1. The van der Waals surface area contributed by atoms with Crippen LogP contribution in [0.2, 0.25) is 0 Å². The highest BCUT2D eigenvalue weighted by molar-refractivity contribution is 6.00. The summed E-state index contributed by atoms with van der Waals surface area (Å²) in [5, 5.41) is 18.0. The molecule has 2 aromatic rings. The maximum Gasteiger partial charge on any atom is 0.316 e. The van der Waals surface area contributed by atoms with Gasteiger partial charge in [0.05, 0.1) is 35.1 Å². The lowest BCUT2D eigenvalue weighted by atomic mass is 9.73. The Bertz CT molecular complexity index is 1720. The Balaban J connectivity index is 1.48. The van der Waals surface area contributed by atoms with E-state index in [1.807, 2.05) is 85.0 Å². The van der Waals surface area contributed by atoms with Crippen molar-refractivity contribution in [3.05, 3.63) is 42.1 Å². The average molecular weight is 812 g/mol. The average Bonchev–Trinajstić information content (AvgIpc) is 3.55. The predicted molar refractivity (Wildman–Crippen MR) is 221 cm³/mol. The van der Waals surface area contributed by atoms with Gasteiger partial charge in [0.15, 0.2) is 12.1 Å². The first-order chi connectivity index (χ1) is 27.5. The summed E-state index contributed by atoms with van der Waals surface area (Å²) < 4.78 is 38.6. The third kappa shape index (κ3) is 9.44. The van der Waals surface area contributed by atoms with Crippen LogP contribution in [-0.4, -0.2) is 133 Å². The van der Waals surface area contributed by atoms with Gasteiger partial charge in [-0.3, -0.25) is 20.0 Å². The summed E-state index contributed by atoms with van der Waals surface area (Å²) >= 11 is 0. The van der Waals surface area contributed by atoms with E-state index in [1.165, 1.54) is 5.56 Å². The number of ether oxygens (including phenoxy) is 6. The number of fused-ring (bicyclic) bond motifs is 2. The summed E-state index contributed by atoms with van der Waals surface area (Å²) in [4.78, 5) is 35.2. The zero-order valence-electron chi connectivity index (χ0n) is 36.8. The van der Waals surface area contributed by atoms with E-state index in [0.29, 0.717) is 25.1 Å². The molecule has 2 N–H and O–H groups in total. The number of carbonyl (C=O) groups is 2. The number of hydrogen-bond donors (Lipinski definition) is 2. The van der Waals surface area contributed by atoms with Crippen molar-refractivity contribution in [3.8, 4) is 0 Å². The number of oxime groups is 1. The van der Waals surface area contributed by atoms with Crippen molar-refractivity contribution in [3.63, 3.8) is 0 Å². The highest BCUT2D eigenvalue weighted by Gasteiger charge is 2.57. The molecule has 1 aromatic heterocycles. The Morgan fingerprint density at radius 3 is 2.45 bits per heavy atom. The molecule has 0 aliphatic carbocycles. The van der Waals surface area contributed by atoms with Crippen LogP contribution in [-0.2, 0) is 44.4 Å². The topological polar surface area (TPSA) is 154 Å². The van der Waals surface area contributed by atoms with Crippen molar-refractivity contribution < 1.29 is 43.2 Å². The van der Waals surface area contributed by atoms with Crippen LogP contribution in [0.1, 0.15) is 86.6 Å². The predicted octanol–water partition coefficient (Wildman–Crippen LogP) is 5.63. The summed E-state index contributed by atoms with van der Waals surface area (Å²) in [7, 11) is 7.21. The van der Waals surface area contributed by atoms with E-state index in [0.717, 1.165) is 30.2 Å². The molecular formula is C44H69N5O9. The highest BCUT2D eigenvalue weighted by Crippen LogP contribution is 2.42. The normalized spacial score (nSPS) is 37.9. The van der Waals surface area contributed by atoms with Crippen LogP contribution >= 0.6 is 0 Å². The minimum Gasteiger partial charge on any atom is -0.459 e. The molecule has 324 valence electrons. The number of ketones is 1. The number of para-hydroxylation sites is 1. The minimum absolute atomic E-state index is 0.0140. The van der Waals surface area contributed by atoms with E-state index in [4.69, 9.17) is 28.4 Å². The number of nitrogens with zero attached hydrogens (tertiary/aromatic N) is 4. The Morgan fingerprint density at radius 1 is 1.07 bits per heavy atom. The number of Topliss-reactive ketones (excluding diaryl/α,β-unsaturated/α-hetero) is 1. The molecule has 5 rings (SSSR count). The van der Waals surface area contributed by atoms with Crippen LogP contribution in [0.3, 0.4) is 0 Å². The lowest BCUT2D eigenvalue weighted by Crippen LogP contribution is -2.61. The van der Waals surface area contributed by atoms with Crippen LogP contribution in [0.5, 0.6) is 0 Å². The summed E-state index contributed by atoms with van der Waals surface area (Å²) in [5.41, 5.74) is 4.18. The van der Waals surface area contributed by atoms with Gasteiger partial charge in [-0.1, -0.05) is 51.0 Å². The molecule has 3 saturated heterocycles. The molecule has 0 amide bonds. The van der Waals surface area contributed by atoms with Crippen molar-refractivity contribution in [2.75, 3.05) is 41.6 Å². The van der Waals surface area contributed by atoms with Gasteiger partial charge in [-0.15, -0.1) is 0 Å². The largest absolute Gasteiger partial charge is 0.459 e. The quantitative estimate of drug-likeness (QED) is 0.0949. The van der Waals surface area contributed by atoms with E-state index < -0.39 is 65.6 Å². The van der Waals surface area contributed by atoms with E-state index in [1.54, 1.807) is 28.1 Å². The molecule has 1 aromatic carbocycles. The fraction of sp³-hybridized carbons (Fsp3) is 0.727. The molecule has 58 heavy (non-hydrogen) atoms. The van der Waals surface area contributed by atoms with Crippen LogP contribution in [0.4, 0.5) is 0 Å². The molecule has 3 aliphatic rings. The Morgan fingerprint density at radius 2 is 1.79 bits per heavy atom. The fourth-order valence-electron chi connectivity index (χ4n) is 9.92. The Labute approximate surface area is 345 Å².